The number of aromatic amines is 4. The lowest BCUT2D eigenvalue weighted by molar-refractivity contribution is 0.0674. The highest BCUT2D eigenvalue weighted by Crippen LogP contribution is 2.56. The van der Waals surface area contributed by atoms with Crippen LogP contribution in [0.3, 0.4) is 0 Å². The summed E-state index contributed by atoms with van der Waals surface area (Å²) in [5.41, 5.74) is 14.3. The van der Waals surface area contributed by atoms with E-state index in [-0.39, 0.29) is 35.5 Å². The molecule has 194 valence electrons. The minimum Gasteiger partial charge on any atom is -0.369 e. The molecule has 15 heteroatoms. The second kappa shape index (κ2) is 10.4. The Morgan fingerprint density at radius 1 is 0.838 bits per heavy atom. The van der Waals surface area contributed by atoms with Crippen molar-refractivity contribution < 1.29 is 9.59 Å². The fraction of sp³-hybridized carbons (Fsp3) is 0.273. The number of hydrogen-bond donors (Lipinski definition) is 8. The van der Waals surface area contributed by atoms with E-state index in [1.165, 1.54) is 0 Å². The van der Waals surface area contributed by atoms with Gasteiger partial charge >= 0.3 is 0 Å². The first-order chi connectivity index (χ1) is 17.7. The first-order valence-corrected chi connectivity index (χ1v) is 13.6. The van der Waals surface area contributed by atoms with Crippen molar-refractivity contribution in [3.8, 4) is 0 Å². The van der Waals surface area contributed by atoms with E-state index in [1.54, 1.807) is 30.7 Å². The second-order valence-corrected chi connectivity index (χ2v) is 11.4. The molecule has 10 N–H and O–H groups in total. The molecule has 12 nitrogen and oxygen atoms in total. The Morgan fingerprint density at radius 2 is 1.38 bits per heavy atom. The number of carbonyl (C=O) groups excluding carboxylic acids is 2. The summed E-state index contributed by atoms with van der Waals surface area (Å²) in [6.07, 6.45) is 5.10. The van der Waals surface area contributed by atoms with Crippen LogP contribution in [0.4, 0.5) is 11.9 Å². The van der Waals surface area contributed by atoms with E-state index in [9.17, 15) is 9.59 Å². The van der Waals surface area contributed by atoms with E-state index in [2.05, 4.69) is 88.3 Å². The van der Waals surface area contributed by atoms with Gasteiger partial charge in [-0.05, 0) is 71.8 Å². The van der Waals surface area contributed by atoms with Crippen molar-refractivity contribution in [1.82, 2.24) is 40.5 Å². The molecule has 4 aromatic rings. The van der Waals surface area contributed by atoms with Crippen LogP contribution in [0.5, 0.6) is 0 Å². The summed E-state index contributed by atoms with van der Waals surface area (Å²) >= 11 is 10.1. The van der Waals surface area contributed by atoms with Crippen LogP contribution in [-0.2, 0) is 0 Å². The molecule has 1 aliphatic rings. The predicted octanol–water partition coefficient (Wildman–Crippen LogP) is 3.21. The minimum absolute atomic E-state index is 0.0564. The molecule has 0 spiro atoms. The van der Waals surface area contributed by atoms with Crippen LogP contribution in [0.1, 0.15) is 44.2 Å². The quantitative estimate of drug-likeness (QED) is 0.139. The third kappa shape index (κ3) is 5.20. The molecule has 5 rings (SSSR count). The fourth-order valence-electron chi connectivity index (χ4n) is 5.00. The Hall–Kier alpha value is -3.04. The number of rotatable bonds is 8. The van der Waals surface area contributed by atoms with Crippen molar-refractivity contribution in [2.45, 2.75) is 11.8 Å². The molecule has 0 bridgehead atoms. The lowest BCUT2D eigenvalue weighted by Gasteiger charge is -2.51. The van der Waals surface area contributed by atoms with Crippen molar-refractivity contribution in [3.05, 3.63) is 67.0 Å². The van der Waals surface area contributed by atoms with Gasteiger partial charge in [0, 0.05) is 47.0 Å². The van der Waals surface area contributed by atoms with E-state index in [0.717, 1.165) is 20.3 Å². The first kappa shape index (κ1) is 25.6. The van der Waals surface area contributed by atoms with Gasteiger partial charge in [-0.15, -0.1) is 0 Å². The molecule has 4 atom stereocenters. The van der Waals surface area contributed by atoms with Gasteiger partial charge in [0.15, 0.2) is 11.9 Å². The highest BCUT2D eigenvalue weighted by molar-refractivity contribution is 9.13. The lowest BCUT2D eigenvalue weighted by Crippen LogP contribution is -2.53. The molecule has 2 amide bonds. The maximum absolute atomic E-state index is 12.9. The van der Waals surface area contributed by atoms with Gasteiger partial charge in [-0.3, -0.25) is 9.59 Å². The molecule has 4 aromatic heterocycles. The van der Waals surface area contributed by atoms with Gasteiger partial charge in [0.25, 0.3) is 11.8 Å². The van der Waals surface area contributed by atoms with Crippen molar-refractivity contribution in [2.75, 3.05) is 24.6 Å². The van der Waals surface area contributed by atoms with Crippen LogP contribution in [0.15, 0.2) is 44.3 Å². The minimum atomic E-state index is -0.248. The van der Waals surface area contributed by atoms with Gasteiger partial charge < -0.3 is 42.0 Å². The zero-order valence-electron chi connectivity index (χ0n) is 19.1. The second-order valence-electron chi connectivity index (χ2n) is 8.82. The van der Waals surface area contributed by atoms with Crippen LogP contribution >= 0.6 is 47.8 Å². The van der Waals surface area contributed by atoms with E-state index in [1.807, 2.05) is 0 Å². The molecule has 0 saturated heterocycles. The number of halogens is 3. The number of nitrogen functional groups attached to an aromatic ring is 2. The maximum atomic E-state index is 12.9. The van der Waals surface area contributed by atoms with Crippen LogP contribution in [-0.4, -0.2) is 54.8 Å². The Balaban J connectivity index is 1.40. The summed E-state index contributed by atoms with van der Waals surface area (Å²) in [5, 5.41) is 6.04. The van der Waals surface area contributed by atoms with E-state index < -0.39 is 0 Å². The Bertz CT molecular complexity index is 1420. The van der Waals surface area contributed by atoms with Crippen LogP contribution in [0.2, 0.25) is 0 Å². The third-order valence-electron chi connectivity index (χ3n) is 6.67. The number of nitrogens with one attached hydrogen (secondary N) is 6. The number of amides is 2. The number of anilines is 2. The number of aromatic nitrogens is 6. The molecule has 4 heterocycles. The average molecular weight is 699 g/mol. The summed E-state index contributed by atoms with van der Waals surface area (Å²) in [4.78, 5) is 46.2. The van der Waals surface area contributed by atoms with Gasteiger partial charge in [-0.1, -0.05) is 0 Å². The van der Waals surface area contributed by atoms with Crippen molar-refractivity contribution in [3.63, 3.8) is 0 Å². The largest absolute Gasteiger partial charge is 0.369 e. The standard InChI is InChI=1S/C22H23Br3N10O2/c23-8-1-12(28-3-8)19(36)29-4-9-10(5-30-20(37)13-2-11(24)18(25)33-13)17(15-7-32-22(27)35-15)16(9)14-6-31-21(26)34-14/h1-3,6-7,9-10,16-17,28,33H,4-5H2,(H,29,36)(H,30,37)(H3,26,31,34)(H3,27,32,35)/t9-,10-,16-,17-/m0/s1. The van der Waals surface area contributed by atoms with Crippen molar-refractivity contribution in [2.24, 2.45) is 11.8 Å². The number of nitrogens with two attached hydrogens (primary N) is 2. The van der Waals surface area contributed by atoms with Gasteiger partial charge in [-0.25, -0.2) is 9.97 Å². The summed E-state index contributed by atoms with van der Waals surface area (Å²) in [5.74, 6) is -0.166. The normalized spacial score (nSPS) is 20.9. The summed E-state index contributed by atoms with van der Waals surface area (Å²) < 4.78 is 2.22. The summed E-state index contributed by atoms with van der Waals surface area (Å²) in [6.45, 7) is 0.713. The average Bonchev–Trinajstić information content (AvgIpc) is 3.63. The third-order valence-corrected chi connectivity index (χ3v) is 8.91. The first-order valence-electron chi connectivity index (χ1n) is 11.3. The van der Waals surface area contributed by atoms with Gasteiger partial charge in [-0.2, -0.15) is 0 Å². The van der Waals surface area contributed by atoms with E-state index in [0.29, 0.717) is 41.0 Å². The van der Waals surface area contributed by atoms with E-state index >= 15 is 0 Å². The highest BCUT2D eigenvalue weighted by Gasteiger charge is 2.53. The monoisotopic (exact) mass is 696 g/mol. The van der Waals surface area contributed by atoms with Gasteiger partial charge in [0.1, 0.15) is 11.4 Å². The number of H-pyrrole nitrogens is 4. The molecule has 1 saturated carbocycles. The van der Waals surface area contributed by atoms with E-state index in [4.69, 9.17) is 11.5 Å². The predicted molar refractivity (Wildman–Crippen MR) is 148 cm³/mol. The smallest absolute Gasteiger partial charge is 0.267 e. The molecular weight excluding hydrogens is 676 g/mol. The number of carbonyl (C=O) groups is 2. The zero-order chi connectivity index (χ0) is 26.3. The fourth-order valence-corrected chi connectivity index (χ4v) is 6.00. The SMILES string of the molecule is Nc1ncc([C@@H]2[C@@H](CNC(=O)c3cc(Br)c[nH]3)[C@H](CNC(=O)c3cc(Br)c(Br)[nH]3)[C@H]2c2cnc(N)[nH]2)[nH]1. The zero-order valence-corrected chi connectivity index (χ0v) is 23.9. The molecule has 1 aliphatic carbocycles. The number of nitrogens with zero attached hydrogens (tertiary/aromatic N) is 2. The molecule has 37 heavy (non-hydrogen) atoms. The van der Waals surface area contributed by atoms with Crippen molar-refractivity contribution >= 4 is 71.5 Å². The number of hydrogen-bond acceptors (Lipinski definition) is 6. The van der Waals surface area contributed by atoms with Crippen molar-refractivity contribution in [1.29, 1.82) is 0 Å². The Labute approximate surface area is 235 Å². The van der Waals surface area contributed by atoms with Crippen LogP contribution in [0, 0.1) is 11.8 Å². The number of imidazole rings is 2. The Morgan fingerprint density at radius 3 is 1.78 bits per heavy atom. The Kier molecular flexibility index (Phi) is 7.18. The van der Waals surface area contributed by atoms with Crippen LogP contribution in [0.25, 0.3) is 0 Å². The maximum Gasteiger partial charge on any atom is 0.267 e. The van der Waals surface area contributed by atoms with Gasteiger partial charge in [0.2, 0.25) is 0 Å². The molecule has 0 radical (unpaired) electrons. The topological polar surface area (TPSA) is 199 Å². The summed E-state index contributed by atoms with van der Waals surface area (Å²) in [7, 11) is 0. The highest BCUT2D eigenvalue weighted by atomic mass is 79.9. The molecule has 0 aliphatic heterocycles. The molecule has 1 fully saturated rings. The molecular formula is C22H23Br3N10O2. The molecule has 0 aromatic carbocycles. The lowest BCUT2D eigenvalue weighted by atomic mass is 9.54. The summed E-state index contributed by atoms with van der Waals surface area (Å²) in [6, 6.07) is 3.42. The molecule has 0 unspecified atom stereocenters. The van der Waals surface area contributed by atoms with Gasteiger partial charge in [0.05, 0.1) is 21.5 Å². The van der Waals surface area contributed by atoms with Crippen LogP contribution < -0.4 is 22.1 Å².